The van der Waals surface area contributed by atoms with Crippen molar-refractivity contribution in [3.8, 4) is 0 Å². The maximum atomic E-state index is 13.6. The quantitative estimate of drug-likeness (QED) is 0.416. The van der Waals surface area contributed by atoms with Crippen molar-refractivity contribution in [1.29, 1.82) is 0 Å². The van der Waals surface area contributed by atoms with Crippen LogP contribution in [-0.2, 0) is 20.7 Å². The molecule has 0 fully saturated rings. The first-order valence-electron chi connectivity index (χ1n) is 9.48. The molecule has 0 bridgehead atoms. The Morgan fingerprint density at radius 3 is 2.30 bits per heavy atom. The van der Waals surface area contributed by atoms with Crippen LogP contribution in [0.3, 0.4) is 0 Å². The molecule has 1 unspecified atom stereocenters. The Morgan fingerprint density at radius 1 is 1.00 bits per heavy atom. The standard InChI is InChI=1S/C20H29F2NO4/c1-4-7-8-9-12-23(20(25)27-6-3)18(19(24)26-5-2)14-15-10-11-16(21)17(22)13-15/h10-11,13,18H,4-9,12,14H2,1-3H3. The second kappa shape index (κ2) is 12.3. The van der Waals surface area contributed by atoms with E-state index in [4.69, 9.17) is 9.47 Å². The van der Waals surface area contributed by atoms with Gasteiger partial charge in [0.1, 0.15) is 6.04 Å². The van der Waals surface area contributed by atoms with Gasteiger partial charge in [-0.2, -0.15) is 0 Å². The number of ether oxygens (including phenoxy) is 2. The summed E-state index contributed by atoms with van der Waals surface area (Å²) in [5, 5.41) is 0. The molecule has 0 saturated heterocycles. The molecule has 0 aliphatic heterocycles. The highest BCUT2D eigenvalue weighted by Crippen LogP contribution is 2.17. The Bertz CT molecular complexity index is 610. The second-order valence-electron chi connectivity index (χ2n) is 6.17. The number of benzene rings is 1. The summed E-state index contributed by atoms with van der Waals surface area (Å²) in [5.41, 5.74) is 0.398. The molecule has 7 heteroatoms. The van der Waals surface area contributed by atoms with Crippen LogP contribution >= 0.6 is 0 Å². The molecule has 0 heterocycles. The molecular weight excluding hydrogens is 356 g/mol. The van der Waals surface area contributed by atoms with E-state index in [0.29, 0.717) is 18.5 Å². The van der Waals surface area contributed by atoms with Crippen LogP contribution < -0.4 is 0 Å². The number of halogens is 2. The fraction of sp³-hybridized carbons (Fsp3) is 0.600. The van der Waals surface area contributed by atoms with Gasteiger partial charge in [-0.05, 0) is 38.0 Å². The smallest absolute Gasteiger partial charge is 0.410 e. The lowest BCUT2D eigenvalue weighted by Crippen LogP contribution is -2.48. The molecular formula is C20H29F2NO4. The molecule has 0 N–H and O–H groups in total. The Kier molecular flexibility index (Phi) is 10.4. The predicted molar refractivity (Wildman–Crippen MR) is 98.4 cm³/mol. The second-order valence-corrected chi connectivity index (χ2v) is 6.17. The van der Waals surface area contributed by atoms with Crippen molar-refractivity contribution >= 4 is 12.1 Å². The van der Waals surface area contributed by atoms with Gasteiger partial charge in [-0.15, -0.1) is 0 Å². The molecule has 1 rings (SSSR count). The van der Waals surface area contributed by atoms with Gasteiger partial charge in [0.15, 0.2) is 11.6 Å². The zero-order chi connectivity index (χ0) is 20.2. The SMILES string of the molecule is CCCCCCN(C(=O)OCC)C(Cc1ccc(F)c(F)c1)C(=O)OCC. The highest BCUT2D eigenvalue weighted by atomic mass is 19.2. The number of hydrogen-bond donors (Lipinski definition) is 0. The molecule has 27 heavy (non-hydrogen) atoms. The molecule has 0 aliphatic rings. The van der Waals surface area contributed by atoms with E-state index in [-0.39, 0.29) is 19.6 Å². The molecule has 152 valence electrons. The summed E-state index contributed by atoms with van der Waals surface area (Å²) in [6.07, 6.45) is 3.07. The van der Waals surface area contributed by atoms with E-state index in [0.717, 1.165) is 31.4 Å². The third-order valence-corrected chi connectivity index (χ3v) is 4.10. The third-order valence-electron chi connectivity index (χ3n) is 4.10. The van der Waals surface area contributed by atoms with E-state index in [1.165, 1.54) is 11.0 Å². The lowest BCUT2D eigenvalue weighted by Gasteiger charge is -2.29. The van der Waals surface area contributed by atoms with Gasteiger partial charge >= 0.3 is 12.1 Å². The fourth-order valence-corrected chi connectivity index (χ4v) is 2.74. The molecule has 1 amide bonds. The van der Waals surface area contributed by atoms with Crippen LogP contribution in [0.1, 0.15) is 52.0 Å². The minimum atomic E-state index is -0.999. The van der Waals surface area contributed by atoms with E-state index in [1.54, 1.807) is 13.8 Å². The summed E-state index contributed by atoms with van der Waals surface area (Å²) >= 11 is 0. The number of hydrogen-bond acceptors (Lipinski definition) is 4. The average molecular weight is 385 g/mol. The van der Waals surface area contributed by atoms with Crippen LogP contribution in [0.2, 0.25) is 0 Å². The lowest BCUT2D eigenvalue weighted by molar-refractivity contribution is -0.149. The Morgan fingerprint density at radius 2 is 1.70 bits per heavy atom. The number of carbonyl (C=O) groups excluding carboxylic acids is 2. The maximum Gasteiger partial charge on any atom is 0.410 e. The summed E-state index contributed by atoms with van der Waals surface area (Å²) in [5.74, 6) is -2.56. The molecule has 1 aromatic rings. The first-order valence-corrected chi connectivity index (χ1v) is 9.48. The highest BCUT2D eigenvalue weighted by Gasteiger charge is 2.32. The van der Waals surface area contributed by atoms with Crippen LogP contribution in [0.5, 0.6) is 0 Å². The minimum absolute atomic E-state index is 0.0165. The topological polar surface area (TPSA) is 55.8 Å². The van der Waals surface area contributed by atoms with E-state index >= 15 is 0 Å². The van der Waals surface area contributed by atoms with Crippen molar-refractivity contribution in [3.63, 3.8) is 0 Å². The zero-order valence-corrected chi connectivity index (χ0v) is 16.3. The van der Waals surface area contributed by atoms with E-state index in [1.807, 2.05) is 0 Å². The summed E-state index contributed by atoms with van der Waals surface area (Å²) in [7, 11) is 0. The molecule has 0 saturated carbocycles. The average Bonchev–Trinajstić information content (AvgIpc) is 2.63. The van der Waals surface area contributed by atoms with Crippen molar-refractivity contribution in [3.05, 3.63) is 35.4 Å². The first kappa shape index (κ1) is 22.9. The predicted octanol–water partition coefficient (Wildman–Crippen LogP) is 4.48. The summed E-state index contributed by atoms with van der Waals surface area (Å²) in [6.45, 7) is 6.08. The number of unbranched alkanes of at least 4 members (excludes halogenated alkanes) is 3. The minimum Gasteiger partial charge on any atom is -0.464 e. The summed E-state index contributed by atoms with van der Waals surface area (Å²) < 4.78 is 36.9. The van der Waals surface area contributed by atoms with Crippen LogP contribution in [0.4, 0.5) is 13.6 Å². The Balaban J connectivity index is 3.06. The normalized spacial score (nSPS) is 11.7. The first-order chi connectivity index (χ1) is 12.9. The monoisotopic (exact) mass is 385 g/mol. The molecule has 1 atom stereocenters. The molecule has 0 aliphatic carbocycles. The van der Waals surface area contributed by atoms with Gasteiger partial charge in [-0.1, -0.05) is 32.3 Å². The van der Waals surface area contributed by atoms with Gasteiger partial charge in [0.25, 0.3) is 0 Å². The van der Waals surface area contributed by atoms with E-state index < -0.39 is 29.7 Å². The number of carbonyl (C=O) groups is 2. The van der Waals surface area contributed by atoms with Gasteiger partial charge in [0.2, 0.25) is 0 Å². The van der Waals surface area contributed by atoms with Gasteiger partial charge in [-0.25, -0.2) is 18.4 Å². The van der Waals surface area contributed by atoms with E-state index in [9.17, 15) is 18.4 Å². The largest absolute Gasteiger partial charge is 0.464 e. The van der Waals surface area contributed by atoms with Gasteiger partial charge in [0.05, 0.1) is 13.2 Å². The van der Waals surface area contributed by atoms with Crippen molar-refractivity contribution in [2.75, 3.05) is 19.8 Å². The molecule has 5 nitrogen and oxygen atoms in total. The van der Waals surface area contributed by atoms with Crippen molar-refractivity contribution < 1.29 is 27.8 Å². The van der Waals surface area contributed by atoms with Crippen LogP contribution in [-0.4, -0.2) is 42.8 Å². The van der Waals surface area contributed by atoms with Crippen molar-refractivity contribution in [1.82, 2.24) is 4.90 Å². The number of esters is 1. The van der Waals surface area contributed by atoms with Crippen LogP contribution in [0.25, 0.3) is 0 Å². The third kappa shape index (κ3) is 7.53. The Hall–Kier alpha value is -2.18. The zero-order valence-electron chi connectivity index (χ0n) is 16.3. The summed E-state index contributed by atoms with van der Waals surface area (Å²) in [4.78, 5) is 26.3. The van der Waals surface area contributed by atoms with Gasteiger partial charge < -0.3 is 9.47 Å². The van der Waals surface area contributed by atoms with Crippen molar-refractivity contribution in [2.45, 2.75) is 58.9 Å². The molecule has 0 radical (unpaired) electrons. The van der Waals surface area contributed by atoms with Crippen LogP contribution in [0.15, 0.2) is 18.2 Å². The van der Waals surface area contributed by atoms with Gasteiger partial charge in [-0.3, -0.25) is 4.90 Å². The molecule has 0 aromatic heterocycles. The van der Waals surface area contributed by atoms with Crippen molar-refractivity contribution in [2.24, 2.45) is 0 Å². The highest BCUT2D eigenvalue weighted by molar-refractivity contribution is 5.81. The molecule has 1 aromatic carbocycles. The fourth-order valence-electron chi connectivity index (χ4n) is 2.74. The lowest BCUT2D eigenvalue weighted by atomic mass is 10.0. The number of rotatable bonds is 11. The Labute approximate surface area is 159 Å². The number of amides is 1. The number of nitrogens with zero attached hydrogens (tertiary/aromatic N) is 1. The van der Waals surface area contributed by atoms with E-state index in [2.05, 4.69) is 6.92 Å². The maximum absolute atomic E-state index is 13.6. The summed E-state index contributed by atoms with van der Waals surface area (Å²) in [6, 6.07) is 2.46. The van der Waals surface area contributed by atoms with Crippen LogP contribution in [0, 0.1) is 11.6 Å². The molecule has 0 spiro atoms. The van der Waals surface area contributed by atoms with Gasteiger partial charge in [0, 0.05) is 13.0 Å².